The summed E-state index contributed by atoms with van der Waals surface area (Å²) >= 11 is 6.22. The summed E-state index contributed by atoms with van der Waals surface area (Å²) in [5.74, 6) is -0.336. The molecule has 2 aliphatic carbocycles. The van der Waals surface area contributed by atoms with E-state index in [1.54, 1.807) is 18.2 Å². The van der Waals surface area contributed by atoms with Crippen LogP contribution >= 0.6 is 11.6 Å². The largest absolute Gasteiger partial charge is 0.384 e. The van der Waals surface area contributed by atoms with E-state index < -0.39 is 11.5 Å². The molecule has 2 saturated carbocycles. The molecule has 228 valence electrons. The number of nitrogens with one attached hydrogen (secondary N) is 2. The van der Waals surface area contributed by atoms with Crippen LogP contribution in [0.3, 0.4) is 0 Å². The minimum Gasteiger partial charge on any atom is -0.384 e. The highest BCUT2D eigenvalue weighted by atomic mass is 35.5. The van der Waals surface area contributed by atoms with Gasteiger partial charge in [0.2, 0.25) is 0 Å². The van der Waals surface area contributed by atoms with Crippen molar-refractivity contribution in [2.24, 2.45) is 38.3 Å². The smallest absolute Gasteiger partial charge is 0.275 e. The summed E-state index contributed by atoms with van der Waals surface area (Å²) in [6.07, 6.45) is 6.51. The van der Waals surface area contributed by atoms with Crippen LogP contribution in [0.1, 0.15) is 93.2 Å². The highest BCUT2D eigenvalue weighted by molar-refractivity contribution is 6.47. The molecule has 0 aromatic heterocycles. The Morgan fingerprint density at radius 3 is 2.49 bits per heavy atom. The summed E-state index contributed by atoms with van der Waals surface area (Å²) in [6, 6.07) is 11.2. The number of amidine groups is 1. The van der Waals surface area contributed by atoms with Crippen molar-refractivity contribution >= 4 is 35.0 Å². The van der Waals surface area contributed by atoms with E-state index >= 15 is 0 Å². The van der Waals surface area contributed by atoms with Gasteiger partial charge in [-0.2, -0.15) is 5.53 Å². The lowest BCUT2D eigenvalue weighted by Crippen LogP contribution is -2.52. The van der Waals surface area contributed by atoms with Crippen molar-refractivity contribution in [2.75, 3.05) is 6.54 Å². The van der Waals surface area contributed by atoms with Gasteiger partial charge in [0.05, 0.1) is 12.6 Å². The van der Waals surface area contributed by atoms with E-state index in [1.807, 2.05) is 17.0 Å². The van der Waals surface area contributed by atoms with Crippen LogP contribution in [0.15, 0.2) is 57.8 Å². The lowest BCUT2D eigenvalue weighted by atomic mass is 9.75. The summed E-state index contributed by atoms with van der Waals surface area (Å²) in [7, 11) is 0. The SMILES string of the molecule is CC1CC(C)CC2(C1)N=C(c1cc(F)cc(Cl)c1)C(=O)N2C(CCC1(C)CC1)c1ccc(C(=O)NCC(N)=NN=N)cc1. The number of nitrogens with two attached hydrogens (primary N) is 1. The Morgan fingerprint density at radius 1 is 1.21 bits per heavy atom. The van der Waals surface area contributed by atoms with Crippen molar-refractivity contribution in [3.8, 4) is 0 Å². The second-order valence-corrected chi connectivity index (χ2v) is 13.4. The third-order valence-corrected chi connectivity index (χ3v) is 9.30. The summed E-state index contributed by atoms with van der Waals surface area (Å²) in [6.45, 7) is 6.66. The first-order valence-corrected chi connectivity index (χ1v) is 15.3. The maximum Gasteiger partial charge on any atom is 0.275 e. The van der Waals surface area contributed by atoms with Gasteiger partial charge < -0.3 is 16.0 Å². The molecule has 5 rings (SSSR count). The number of carbonyl (C=O) groups excluding carboxylic acids is 2. The summed E-state index contributed by atoms with van der Waals surface area (Å²) in [5, 5.41) is 9.18. The Bertz CT molecular complexity index is 1440. The molecule has 0 bridgehead atoms. The second kappa shape index (κ2) is 12.1. The van der Waals surface area contributed by atoms with Gasteiger partial charge in [-0.1, -0.05) is 49.7 Å². The van der Waals surface area contributed by atoms with E-state index in [-0.39, 0.29) is 46.4 Å². The van der Waals surface area contributed by atoms with Gasteiger partial charge in [-0.25, -0.2) is 4.39 Å². The number of amides is 2. The topological polar surface area (TPSA) is 136 Å². The number of benzene rings is 2. The first-order valence-electron chi connectivity index (χ1n) is 14.9. The lowest BCUT2D eigenvalue weighted by molar-refractivity contribution is -0.134. The van der Waals surface area contributed by atoms with E-state index in [9.17, 15) is 14.0 Å². The standard InChI is InChI=1S/C32H39ClFN7O2/c1-19-12-20(2)17-32(16-19)38-28(23-13-24(33)15-25(34)14-23)30(43)41(32)26(8-9-31(3)10-11-31)21-4-6-22(7-5-21)29(42)37-18-27(35)39-40-36/h4-7,13-15,19-20,26H,8-12,16-18H2,1-3H3,(H,37,42)(H3,35,36,39). The Kier molecular flexibility index (Phi) is 8.70. The lowest BCUT2D eigenvalue weighted by Gasteiger charge is -2.47. The molecule has 1 aliphatic heterocycles. The Hall–Kier alpha value is -3.66. The first kappa shape index (κ1) is 30.8. The average Bonchev–Trinajstić information content (AvgIpc) is 3.62. The van der Waals surface area contributed by atoms with Crippen LogP contribution in [0, 0.1) is 28.6 Å². The van der Waals surface area contributed by atoms with Gasteiger partial charge in [-0.05, 0) is 98.1 Å². The number of aliphatic imine (C=N–C) groups is 1. The van der Waals surface area contributed by atoms with Crippen molar-refractivity contribution < 1.29 is 14.0 Å². The van der Waals surface area contributed by atoms with E-state index in [1.165, 1.54) is 12.1 Å². The third kappa shape index (κ3) is 6.79. The van der Waals surface area contributed by atoms with Crippen molar-refractivity contribution in [3.05, 3.63) is 70.0 Å². The number of hydrogen-bond acceptors (Lipinski definition) is 5. The van der Waals surface area contributed by atoms with Crippen molar-refractivity contribution in [1.29, 1.82) is 5.53 Å². The van der Waals surface area contributed by atoms with E-state index in [2.05, 4.69) is 36.4 Å². The number of hydrogen-bond donors (Lipinski definition) is 3. The fourth-order valence-corrected chi connectivity index (χ4v) is 7.11. The van der Waals surface area contributed by atoms with Crippen LogP contribution in [0.2, 0.25) is 5.02 Å². The fraction of sp³-hybridized carbons (Fsp3) is 0.500. The molecule has 0 radical (unpaired) electrons. The summed E-state index contributed by atoms with van der Waals surface area (Å²) in [5.41, 5.74) is 13.9. The zero-order valence-electron chi connectivity index (χ0n) is 24.9. The number of rotatable bonds is 10. The normalized spacial score (nSPS) is 25.4. The van der Waals surface area contributed by atoms with E-state index in [0.717, 1.165) is 50.5 Å². The molecule has 2 aromatic carbocycles. The molecule has 2 aromatic rings. The van der Waals surface area contributed by atoms with Crippen LogP contribution in [0.4, 0.5) is 4.39 Å². The van der Waals surface area contributed by atoms with Gasteiger partial charge in [-0.15, -0.1) is 5.10 Å². The van der Waals surface area contributed by atoms with Crippen molar-refractivity contribution in [3.63, 3.8) is 0 Å². The average molecular weight is 608 g/mol. The molecule has 0 saturated heterocycles. The molecular formula is C32H39ClFN7O2. The van der Waals surface area contributed by atoms with Gasteiger partial charge in [-0.3, -0.25) is 14.6 Å². The van der Waals surface area contributed by atoms with E-state index in [4.69, 9.17) is 27.9 Å². The highest BCUT2D eigenvalue weighted by Crippen LogP contribution is 2.53. The molecule has 2 amide bonds. The monoisotopic (exact) mass is 607 g/mol. The zero-order chi connectivity index (χ0) is 30.9. The van der Waals surface area contributed by atoms with Crippen LogP contribution in [0.5, 0.6) is 0 Å². The van der Waals surface area contributed by atoms with Crippen LogP contribution in [-0.2, 0) is 4.79 Å². The molecule has 4 N–H and O–H groups in total. The zero-order valence-corrected chi connectivity index (χ0v) is 25.6. The van der Waals surface area contributed by atoms with Gasteiger partial charge in [0.25, 0.3) is 11.8 Å². The molecule has 3 aliphatic rings. The van der Waals surface area contributed by atoms with Crippen LogP contribution in [0.25, 0.3) is 0 Å². The Balaban J connectivity index is 1.52. The van der Waals surface area contributed by atoms with E-state index in [0.29, 0.717) is 23.0 Å². The molecular weight excluding hydrogens is 569 g/mol. The number of halogens is 2. The van der Waals surface area contributed by atoms with Crippen molar-refractivity contribution in [1.82, 2.24) is 10.2 Å². The quantitative estimate of drug-likeness (QED) is 0.121. The molecule has 11 heteroatoms. The second-order valence-electron chi connectivity index (χ2n) is 13.0. The molecule has 3 unspecified atom stereocenters. The highest BCUT2D eigenvalue weighted by Gasteiger charge is 2.53. The summed E-state index contributed by atoms with van der Waals surface area (Å²) < 4.78 is 14.5. The number of nitrogens with zero attached hydrogens (tertiary/aromatic N) is 4. The summed E-state index contributed by atoms with van der Waals surface area (Å²) in [4.78, 5) is 34.4. The predicted molar refractivity (Wildman–Crippen MR) is 165 cm³/mol. The third-order valence-electron chi connectivity index (χ3n) is 9.08. The van der Waals surface area contributed by atoms with Gasteiger partial charge >= 0.3 is 0 Å². The first-order chi connectivity index (χ1) is 20.4. The number of carbonyl (C=O) groups is 2. The minimum absolute atomic E-state index is 0.0257. The Labute approximate surface area is 256 Å². The molecule has 1 spiro atoms. The maximum atomic E-state index is 14.5. The van der Waals surface area contributed by atoms with Gasteiger partial charge in [0, 0.05) is 16.1 Å². The molecule has 43 heavy (non-hydrogen) atoms. The van der Waals surface area contributed by atoms with Gasteiger partial charge in [0.15, 0.2) is 0 Å². The Morgan fingerprint density at radius 2 is 1.88 bits per heavy atom. The maximum absolute atomic E-state index is 14.5. The van der Waals surface area contributed by atoms with Crippen LogP contribution in [-0.4, -0.2) is 40.5 Å². The molecule has 2 fully saturated rings. The molecule has 3 atom stereocenters. The fourth-order valence-electron chi connectivity index (χ4n) is 6.89. The van der Waals surface area contributed by atoms with Crippen LogP contribution < -0.4 is 11.1 Å². The molecule has 9 nitrogen and oxygen atoms in total. The minimum atomic E-state index is -0.757. The van der Waals surface area contributed by atoms with Gasteiger partial charge in [0.1, 0.15) is 23.0 Å². The predicted octanol–water partition coefficient (Wildman–Crippen LogP) is 6.62. The molecule has 1 heterocycles. The van der Waals surface area contributed by atoms with Crippen molar-refractivity contribution in [2.45, 2.75) is 77.4 Å².